The minimum absolute atomic E-state index is 0.572. The van der Waals surface area contributed by atoms with Gasteiger partial charge in [-0.05, 0) is 19.2 Å². The Morgan fingerprint density at radius 1 is 1.27 bits per heavy atom. The van der Waals surface area contributed by atoms with Gasteiger partial charge in [0, 0.05) is 6.20 Å². The van der Waals surface area contributed by atoms with Crippen molar-refractivity contribution < 1.29 is 0 Å². The van der Waals surface area contributed by atoms with E-state index in [2.05, 4.69) is 23.9 Å². The molecule has 0 saturated heterocycles. The number of aromatic nitrogens is 1. The van der Waals surface area contributed by atoms with Gasteiger partial charge >= 0.3 is 0 Å². The second-order valence-electron chi connectivity index (χ2n) is 1.25. The number of pyridine rings is 1. The van der Waals surface area contributed by atoms with E-state index in [1.807, 2.05) is 12.1 Å². The third kappa shape index (κ3) is 8.65. The van der Waals surface area contributed by atoms with Crippen molar-refractivity contribution in [2.75, 3.05) is 12.8 Å². The molecule has 3 nitrogen and oxygen atoms in total. The molecule has 1 aromatic heterocycles. The smallest absolute Gasteiger partial charge is 0.123 e. The van der Waals surface area contributed by atoms with Crippen LogP contribution in [0.5, 0.6) is 0 Å². The normalized spacial score (nSPS) is 6.36. The molecule has 0 aliphatic heterocycles. The van der Waals surface area contributed by atoms with Crippen molar-refractivity contribution in [2.24, 2.45) is 5.73 Å². The van der Waals surface area contributed by atoms with Crippen LogP contribution in [0.15, 0.2) is 37.6 Å². The average Bonchev–Trinajstić information content (AvgIpc) is 2.13. The van der Waals surface area contributed by atoms with Crippen molar-refractivity contribution in [2.45, 2.75) is 0 Å². The lowest BCUT2D eigenvalue weighted by Crippen LogP contribution is -1.85. The van der Waals surface area contributed by atoms with Gasteiger partial charge < -0.3 is 11.5 Å². The first kappa shape index (κ1) is 12.3. The Morgan fingerprint density at radius 2 is 1.82 bits per heavy atom. The molecule has 1 heterocycles. The predicted molar refractivity (Wildman–Crippen MR) is 50.0 cm³/mol. The number of rotatable bonds is 0. The highest BCUT2D eigenvalue weighted by Crippen LogP contribution is 1.89. The second-order valence-corrected chi connectivity index (χ2v) is 1.25. The SMILES string of the molecule is C=C.CN.Nc1ccccn1. The Bertz CT molecular complexity index is 151. The summed E-state index contributed by atoms with van der Waals surface area (Å²) < 4.78 is 0. The van der Waals surface area contributed by atoms with Crippen LogP contribution in [0.25, 0.3) is 0 Å². The maximum absolute atomic E-state index is 5.25. The molecule has 0 bridgehead atoms. The topological polar surface area (TPSA) is 64.9 Å². The Kier molecular flexibility index (Phi) is 12.8. The molecular formula is C8H15N3. The fourth-order valence-electron chi connectivity index (χ4n) is 0.376. The number of anilines is 1. The first-order valence-corrected chi connectivity index (χ1v) is 3.14. The van der Waals surface area contributed by atoms with E-state index in [-0.39, 0.29) is 0 Å². The van der Waals surface area contributed by atoms with Gasteiger partial charge in [-0.3, -0.25) is 0 Å². The third-order valence-electron chi connectivity index (χ3n) is 0.688. The van der Waals surface area contributed by atoms with E-state index in [9.17, 15) is 0 Å². The highest BCUT2D eigenvalue weighted by Gasteiger charge is 1.73. The Hall–Kier alpha value is -1.35. The summed E-state index contributed by atoms with van der Waals surface area (Å²) in [5.41, 5.74) is 9.75. The van der Waals surface area contributed by atoms with Crippen LogP contribution in [0.4, 0.5) is 5.82 Å². The summed E-state index contributed by atoms with van der Waals surface area (Å²) in [7, 11) is 1.50. The zero-order valence-corrected chi connectivity index (χ0v) is 6.83. The minimum Gasteiger partial charge on any atom is -0.384 e. The lowest BCUT2D eigenvalue weighted by Gasteiger charge is -1.82. The van der Waals surface area contributed by atoms with Crippen molar-refractivity contribution in [1.82, 2.24) is 4.98 Å². The summed E-state index contributed by atoms with van der Waals surface area (Å²) in [5.74, 6) is 0.572. The lowest BCUT2D eigenvalue weighted by atomic mass is 10.5. The molecule has 0 spiro atoms. The Labute approximate surface area is 67.7 Å². The third-order valence-corrected chi connectivity index (χ3v) is 0.688. The van der Waals surface area contributed by atoms with E-state index >= 15 is 0 Å². The second kappa shape index (κ2) is 11.4. The number of nitrogens with zero attached hydrogens (tertiary/aromatic N) is 1. The van der Waals surface area contributed by atoms with Gasteiger partial charge in [-0.15, -0.1) is 13.2 Å². The van der Waals surface area contributed by atoms with Crippen LogP contribution in [0.1, 0.15) is 0 Å². The van der Waals surface area contributed by atoms with Crippen LogP contribution in [-0.4, -0.2) is 12.0 Å². The molecule has 0 atom stereocenters. The van der Waals surface area contributed by atoms with Gasteiger partial charge in [-0.1, -0.05) is 6.07 Å². The molecule has 0 radical (unpaired) electrons. The molecule has 0 amide bonds. The fraction of sp³-hybridized carbons (Fsp3) is 0.125. The monoisotopic (exact) mass is 153 g/mol. The molecule has 0 aliphatic rings. The van der Waals surface area contributed by atoms with Gasteiger partial charge in [0.2, 0.25) is 0 Å². The van der Waals surface area contributed by atoms with Gasteiger partial charge in [0.05, 0.1) is 0 Å². The first-order chi connectivity index (χ1) is 5.39. The number of hydrogen-bond acceptors (Lipinski definition) is 3. The summed E-state index contributed by atoms with van der Waals surface area (Å²) in [6.45, 7) is 6.00. The van der Waals surface area contributed by atoms with Crippen LogP contribution in [0.3, 0.4) is 0 Å². The highest BCUT2D eigenvalue weighted by molar-refractivity contribution is 5.25. The maximum Gasteiger partial charge on any atom is 0.123 e. The number of hydrogen-bond donors (Lipinski definition) is 2. The summed E-state index contributed by atoms with van der Waals surface area (Å²) in [6.07, 6.45) is 1.66. The van der Waals surface area contributed by atoms with E-state index in [4.69, 9.17) is 5.73 Å². The highest BCUT2D eigenvalue weighted by atomic mass is 14.8. The van der Waals surface area contributed by atoms with Gasteiger partial charge in [-0.25, -0.2) is 4.98 Å². The molecule has 62 valence electrons. The maximum atomic E-state index is 5.25. The van der Waals surface area contributed by atoms with E-state index in [1.54, 1.807) is 12.3 Å². The van der Waals surface area contributed by atoms with Crippen LogP contribution in [0.2, 0.25) is 0 Å². The predicted octanol–water partition coefficient (Wildman–Crippen LogP) is 1.04. The zero-order valence-electron chi connectivity index (χ0n) is 6.83. The molecular weight excluding hydrogens is 138 g/mol. The standard InChI is InChI=1S/C5H6N2.C2H4.CH5N/c6-5-3-1-2-4-7-5;2*1-2/h1-4H,(H2,6,7);1-2H2;2H2,1H3. The molecule has 0 fully saturated rings. The molecule has 1 aromatic rings. The molecule has 0 unspecified atom stereocenters. The van der Waals surface area contributed by atoms with E-state index in [1.165, 1.54) is 7.05 Å². The van der Waals surface area contributed by atoms with Crippen molar-refractivity contribution in [3.63, 3.8) is 0 Å². The largest absolute Gasteiger partial charge is 0.384 e. The van der Waals surface area contributed by atoms with Crippen molar-refractivity contribution >= 4 is 5.82 Å². The van der Waals surface area contributed by atoms with Gasteiger partial charge in [0.15, 0.2) is 0 Å². The number of nitrogens with two attached hydrogens (primary N) is 2. The molecule has 3 heteroatoms. The average molecular weight is 153 g/mol. The van der Waals surface area contributed by atoms with Crippen LogP contribution in [-0.2, 0) is 0 Å². The summed E-state index contributed by atoms with van der Waals surface area (Å²) in [4.78, 5) is 3.76. The fourth-order valence-corrected chi connectivity index (χ4v) is 0.376. The number of nitrogen functional groups attached to an aromatic ring is 1. The molecule has 1 rings (SSSR count). The Morgan fingerprint density at radius 3 is 2.00 bits per heavy atom. The summed E-state index contributed by atoms with van der Waals surface area (Å²) in [6, 6.07) is 5.43. The van der Waals surface area contributed by atoms with Crippen molar-refractivity contribution in [1.29, 1.82) is 0 Å². The summed E-state index contributed by atoms with van der Waals surface area (Å²) >= 11 is 0. The quantitative estimate of drug-likeness (QED) is 0.547. The van der Waals surface area contributed by atoms with Crippen molar-refractivity contribution in [3.8, 4) is 0 Å². The molecule has 0 saturated carbocycles. The van der Waals surface area contributed by atoms with Gasteiger partial charge in [0.25, 0.3) is 0 Å². The molecule has 0 aromatic carbocycles. The van der Waals surface area contributed by atoms with Crippen LogP contribution >= 0.6 is 0 Å². The summed E-state index contributed by atoms with van der Waals surface area (Å²) in [5, 5.41) is 0. The van der Waals surface area contributed by atoms with Gasteiger partial charge in [0.1, 0.15) is 5.82 Å². The van der Waals surface area contributed by atoms with E-state index in [0.717, 1.165) is 0 Å². The van der Waals surface area contributed by atoms with Crippen LogP contribution < -0.4 is 11.5 Å². The van der Waals surface area contributed by atoms with Gasteiger partial charge in [-0.2, -0.15) is 0 Å². The molecule has 4 N–H and O–H groups in total. The lowest BCUT2D eigenvalue weighted by molar-refractivity contribution is 1.34. The van der Waals surface area contributed by atoms with Crippen LogP contribution in [0, 0.1) is 0 Å². The van der Waals surface area contributed by atoms with E-state index < -0.39 is 0 Å². The first-order valence-electron chi connectivity index (χ1n) is 3.14. The van der Waals surface area contributed by atoms with Crippen molar-refractivity contribution in [3.05, 3.63) is 37.6 Å². The minimum atomic E-state index is 0.572. The molecule has 0 aliphatic carbocycles. The van der Waals surface area contributed by atoms with E-state index in [0.29, 0.717) is 5.82 Å². The molecule has 11 heavy (non-hydrogen) atoms. The zero-order chi connectivity index (χ0) is 9.11. The Balaban J connectivity index is 0.